The van der Waals surface area contributed by atoms with Gasteiger partial charge in [-0.1, -0.05) is 18.2 Å². The van der Waals surface area contributed by atoms with Gasteiger partial charge >= 0.3 is 5.97 Å². The molecule has 2 aromatic carbocycles. The number of allylic oxidation sites excluding steroid dienone is 1. The molecule has 0 saturated carbocycles. The van der Waals surface area contributed by atoms with Gasteiger partial charge in [-0.25, -0.2) is 9.18 Å². The second kappa shape index (κ2) is 6.88. The molecule has 0 saturated heterocycles. The number of carbonyl (C=O) groups excluding carboxylic acids is 2. The number of halogens is 1. The summed E-state index contributed by atoms with van der Waals surface area (Å²) in [5.41, 5.74) is 1.54. The number of ketones is 1. The zero-order chi connectivity index (χ0) is 19.8. The van der Waals surface area contributed by atoms with Crippen LogP contribution in [0.5, 0.6) is 0 Å². The normalized spacial score (nSPS) is 14.5. The molecule has 0 radical (unpaired) electrons. The van der Waals surface area contributed by atoms with Gasteiger partial charge < -0.3 is 9.30 Å². The molecule has 4 rings (SSSR count). The van der Waals surface area contributed by atoms with E-state index in [1.54, 1.807) is 47.9 Å². The molecule has 0 N–H and O–H groups in total. The largest absolute Gasteiger partial charge is 0.462 e. The average Bonchev–Trinajstić information content (AvgIpc) is 2.69. The van der Waals surface area contributed by atoms with Gasteiger partial charge in [0.05, 0.1) is 18.7 Å². The highest BCUT2D eigenvalue weighted by Gasteiger charge is 2.26. The van der Waals surface area contributed by atoms with Crippen molar-refractivity contribution >= 4 is 28.7 Å². The van der Waals surface area contributed by atoms with Crippen molar-refractivity contribution in [2.75, 3.05) is 6.61 Å². The second-order valence-corrected chi connectivity index (χ2v) is 6.47. The minimum Gasteiger partial charge on any atom is -0.462 e. The van der Waals surface area contributed by atoms with E-state index in [0.29, 0.717) is 27.6 Å². The van der Waals surface area contributed by atoms with Crippen molar-refractivity contribution in [2.45, 2.75) is 13.5 Å². The maximum absolute atomic E-state index is 13.1. The van der Waals surface area contributed by atoms with Gasteiger partial charge in [-0.2, -0.15) is 0 Å². The molecule has 0 unspecified atom stereocenters. The number of hydrogen-bond donors (Lipinski definition) is 0. The number of carbonyl (C=O) groups is 2. The van der Waals surface area contributed by atoms with Gasteiger partial charge in [0, 0.05) is 22.7 Å². The fourth-order valence-electron chi connectivity index (χ4n) is 3.42. The van der Waals surface area contributed by atoms with Crippen LogP contribution in [0.15, 0.2) is 59.0 Å². The van der Waals surface area contributed by atoms with E-state index in [4.69, 9.17) is 4.74 Å². The summed E-state index contributed by atoms with van der Waals surface area (Å²) in [4.78, 5) is 37.9. The topological polar surface area (TPSA) is 65.4 Å². The summed E-state index contributed by atoms with van der Waals surface area (Å²) in [6.45, 7) is 2.02. The molecule has 5 nitrogen and oxygen atoms in total. The fraction of sp³-hybridized carbons (Fsp3) is 0.136. The summed E-state index contributed by atoms with van der Waals surface area (Å²) < 4.78 is 19.9. The molecule has 1 aliphatic rings. The number of para-hydroxylation sites is 1. The number of benzene rings is 2. The van der Waals surface area contributed by atoms with Crippen LogP contribution in [0.3, 0.4) is 0 Å². The molecule has 1 aromatic heterocycles. The first kappa shape index (κ1) is 17.9. The maximum Gasteiger partial charge on any atom is 0.343 e. The van der Waals surface area contributed by atoms with Crippen LogP contribution in [0.2, 0.25) is 0 Å². The molecule has 0 amide bonds. The molecule has 0 fully saturated rings. The molecule has 0 spiro atoms. The molecule has 0 bridgehead atoms. The third kappa shape index (κ3) is 2.93. The van der Waals surface area contributed by atoms with E-state index in [9.17, 15) is 18.8 Å². The Morgan fingerprint density at radius 2 is 1.93 bits per heavy atom. The minimum atomic E-state index is -0.690. The van der Waals surface area contributed by atoms with Gasteiger partial charge in [0.1, 0.15) is 11.4 Å². The Bertz CT molecular complexity index is 1210. The SMILES string of the molecule is CCOC(=O)c1cn2c3c(cccc3c1=O)C(=O)/C(=C/c1ccc(F)cc1)C2. The van der Waals surface area contributed by atoms with Gasteiger partial charge in [0.15, 0.2) is 5.78 Å². The second-order valence-electron chi connectivity index (χ2n) is 6.47. The van der Waals surface area contributed by atoms with Crippen molar-refractivity contribution in [2.24, 2.45) is 0 Å². The lowest BCUT2D eigenvalue weighted by Gasteiger charge is -2.22. The van der Waals surface area contributed by atoms with E-state index < -0.39 is 11.4 Å². The van der Waals surface area contributed by atoms with Crippen molar-refractivity contribution in [1.82, 2.24) is 4.57 Å². The number of ether oxygens (including phenoxy) is 1. The van der Waals surface area contributed by atoms with Crippen LogP contribution in [0, 0.1) is 5.82 Å². The molecule has 1 aliphatic heterocycles. The van der Waals surface area contributed by atoms with Crippen molar-refractivity contribution in [1.29, 1.82) is 0 Å². The zero-order valence-corrected chi connectivity index (χ0v) is 15.1. The number of pyridine rings is 1. The van der Waals surface area contributed by atoms with Crippen LogP contribution >= 0.6 is 0 Å². The van der Waals surface area contributed by atoms with E-state index in [1.807, 2.05) is 0 Å². The summed E-state index contributed by atoms with van der Waals surface area (Å²) in [6, 6.07) is 10.7. The number of rotatable bonds is 3. The quantitative estimate of drug-likeness (QED) is 0.517. The predicted octanol–water partition coefficient (Wildman–Crippen LogP) is 3.60. The Hall–Kier alpha value is -3.54. The van der Waals surface area contributed by atoms with Crippen molar-refractivity contribution < 1.29 is 18.7 Å². The highest BCUT2D eigenvalue weighted by molar-refractivity contribution is 6.19. The third-order valence-electron chi connectivity index (χ3n) is 4.68. The van der Waals surface area contributed by atoms with Crippen molar-refractivity contribution in [3.8, 4) is 0 Å². The average molecular weight is 377 g/mol. The molecule has 0 atom stereocenters. The van der Waals surface area contributed by atoms with E-state index >= 15 is 0 Å². The summed E-state index contributed by atoms with van der Waals surface area (Å²) >= 11 is 0. The maximum atomic E-state index is 13.1. The Kier molecular flexibility index (Phi) is 4.39. The molecule has 28 heavy (non-hydrogen) atoms. The van der Waals surface area contributed by atoms with Gasteiger partial charge in [0.2, 0.25) is 5.43 Å². The molecule has 140 valence electrons. The van der Waals surface area contributed by atoms with Crippen molar-refractivity contribution in [3.05, 3.63) is 87.0 Å². The lowest BCUT2D eigenvalue weighted by atomic mass is 9.94. The summed E-state index contributed by atoms with van der Waals surface area (Å²) in [6.07, 6.45) is 3.13. The minimum absolute atomic E-state index is 0.0676. The number of hydrogen-bond acceptors (Lipinski definition) is 4. The van der Waals surface area contributed by atoms with Crippen LogP contribution < -0.4 is 5.43 Å². The van der Waals surface area contributed by atoms with Crippen LogP contribution in [0.4, 0.5) is 4.39 Å². The van der Waals surface area contributed by atoms with Crippen LogP contribution in [-0.4, -0.2) is 22.9 Å². The van der Waals surface area contributed by atoms with E-state index in [2.05, 4.69) is 0 Å². The highest BCUT2D eigenvalue weighted by atomic mass is 19.1. The zero-order valence-electron chi connectivity index (χ0n) is 15.1. The summed E-state index contributed by atoms with van der Waals surface area (Å²) in [5, 5.41) is 0.303. The van der Waals surface area contributed by atoms with E-state index in [0.717, 1.165) is 0 Å². The Morgan fingerprint density at radius 3 is 2.64 bits per heavy atom. The van der Waals surface area contributed by atoms with Crippen LogP contribution in [0.1, 0.15) is 33.2 Å². The van der Waals surface area contributed by atoms with Crippen LogP contribution in [0.25, 0.3) is 17.0 Å². The smallest absolute Gasteiger partial charge is 0.343 e. The first-order valence-electron chi connectivity index (χ1n) is 8.83. The summed E-state index contributed by atoms with van der Waals surface area (Å²) in [7, 11) is 0. The lowest BCUT2D eigenvalue weighted by Crippen LogP contribution is -2.26. The van der Waals surface area contributed by atoms with Gasteiger partial charge in [-0.15, -0.1) is 0 Å². The van der Waals surface area contributed by atoms with E-state index in [1.165, 1.54) is 18.3 Å². The molecule has 0 aliphatic carbocycles. The van der Waals surface area contributed by atoms with Crippen molar-refractivity contribution in [3.63, 3.8) is 0 Å². The number of nitrogens with zero attached hydrogens (tertiary/aromatic N) is 1. The molecular formula is C22H16FNO4. The fourth-order valence-corrected chi connectivity index (χ4v) is 3.42. The lowest BCUT2D eigenvalue weighted by molar-refractivity contribution is 0.0524. The highest BCUT2D eigenvalue weighted by Crippen LogP contribution is 2.27. The first-order chi connectivity index (χ1) is 13.5. The molecule has 2 heterocycles. The van der Waals surface area contributed by atoms with Crippen LogP contribution in [-0.2, 0) is 11.3 Å². The number of Topliss-reactive ketones (excluding diaryl/α,β-unsaturated/α-hetero) is 1. The van der Waals surface area contributed by atoms with Gasteiger partial charge in [0.25, 0.3) is 0 Å². The molecule has 6 heteroatoms. The Labute approximate surface area is 159 Å². The number of aromatic nitrogens is 1. The monoisotopic (exact) mass is 377 g/mol. The number of esters is 1. The third-order valence-corrected chi connectivity index (χ3v) is 4.68. The standard InChI is InChI=1S/C22H16FNO4/c1-2-28-22(27)18-12-24-11-14(10-13-6-8-15(23)9-7-13)20(25)16-4-3-5-17(19(16)24)21(18)26/h3-10,12H,2,11H2,1H3/b14-10+. The van der Waals surface area contributed by atoms with Gasteiger partial charge in [-0.3, -0.25) is 9.59 Å². The summed E-state index contributed by atoms with van der Waals surface area (Å²) in [5.74, 6) is -1.24. The van der Waals surface area contributed by atoms with Gasteiger partial charge in [-0.05, 0) is 42.8 Å². The Balaban J connectivity index is 1.90. The molecule has 3 aromatic rings. The van der Waals surface area contributed by atoms with E-state index in [-0.39, 0.29) is 30.3 Å². The molecular weight excluding hydrogens is 361 g/mol. The Morgan fingerprint density at radius 1 is 1.18 bits per heavy atom. The first-order valence-corrected chi connectivity index (χ1v) is 8.83. The predicted molar refractivity (Wildman–Crippen MR) is 103 cm³/mol.